The van der Waals surface area contributed by atoms with Gasteiger partial charge in [-0.05, 0) is 53.2 Å². The molecule has 0 saturated carbocycles. The van der Waals surface area contributed by atoms with Gasteiger partial charge in [-0.1, -0.05) is 24.3 Å². The summed E-state index contributed by atoms with van der Waals surface area (Å²) >= 11 is 0. The molecule has 33 heavy (non-hydrogen) atoms. The van der Waals surface area contributed by atoms with E-state index in [1.54, 1.807) is 0 Å². The molecule has 170 valence electrons. The Morgan fingerprint density at radius 2 is 1.58 bits per heavy atom. The van der Waals surface area contributed by atoms with Crippen molar-refractivity contribution in [3.8, 4) is 16.9 Å². The van der Waals surface area contributed by atoms with E-state index in [1.807, 2.05) is 0 Å². The molecule has 4 rings (SSSR count). The summed E-state index contributed by atoms with van der Waals surface area (Å²) in [6.07, 6.45) is -9.32. The van der Waals surface area contributed by atoms with Crippen LogP contribution < -0.4 is 11.1 Å². The number of anilines is 1. The number of nitrogens with one attached hydrogen (secondary N) is 1. The van der Waals surface area contributed by atoms with Gasteiger partial charge in [0.15, 0.2) is 5.69 Å². The monoisotopic (exact) mass is 464 g/mol. The number of nitrogens with zero attached hydrogens (tertiary/aromatic N) is 2. The van der Waals surface area contributed by atoms with E-state index in [0.29, 0.717) is 5.69 Å². The molecule has 0 bridgehead atoms. The third-order valence-corrected chi connectivity index (χ3v) is 4.86. The first-order chi connectivity index (χ1) is 15.4. The molecule has 1 heterocycles. The molecule has 0 atom stereocenters. The standard InChI is InChI=1S/C22H14F6N4O/c23-21(24,25)17-3-1-2-12-10-13(4-9-16(12)17)18-11-19(22(26,27)28)31-32(18)15-7-5-14(6-8-15)30-20(29)33/h1-11H,(H3,29,30,33). The number of halogens is 6. The van der Waals surface area contributed by atoms with Crippen LogP contribution in [-0.2, 0) is 12.4 Å². The van der Waals surface area contributed by atoms with Crippen LogP contribution in [0.25, 0.3) is 27.7 Å². The van der Waals surface area contributed by atoms with Gasteiger partial charge in [0.25, 0.3) is 0 Å². The van der Waals surface area contributed by atoms with Gasteiger partial charge in [-0.3, -0.25) is 0 Å². The summed E-state index contributed by atoms with van der Waals surface area (Å²) in [6, 6.07) is 13.2. The van der Waals surface area contributed by atoms with Gasteiger partial charge >= 0.3 is 18.4 Å². The fourth-order valence-corrected chi connectivity index (χ4v) is 3.44. The van der Waals surface area contributed by atoms with E-state index < -0.39 is 29.6 Å². The van der Waals surface area contributed by atoms with Crippen LogP contribution in [0.4, 0.5) is 36.8 Å². The largest absolute Gasteiger partial charge is 0.435 e. The minimum Gasteiger partial charge on any atom is -0.351 e. The number of alkyl halides is 6. The molecule has 1 aromatic heterocycles. The third-order valence-electron chi connectivity index (χ3n) is 4.86. The van der Waals surface area contributed by atoms with E-state index in [1.165, 1.54) is 54.6 Å². The highest BCUT2D eigenvalue weighted by atomic mass is 19.4. The minimum atomic E-state index is -4.74. The van der Waals surface area contributed by atoms with Gasteiger partial charge in [-0.25, -0.2) is 9.48 Å². The highest BCUT2D eigenvalue weighted by Gasteiger charge is 2.36. The zero-order valence-corrected chi connectivity index (χ0v) is 16.5. The van der Waals surface area contributed by atoms with Crippen LogP contribution in [0.2, 0.25) is 0 Å². The van der Waals surface area contributed by atoms with Crippen molar-refractivity contribution in [2.75, 3.05) is 5.32 Å². The fourth-order valence-electron chi connectivity index (χ4n) is 3.44. The van der Waals surface area contributed by atoms with Crippen molar-refractivity contribution in [1.82, 2.24) is 9.78 Å². The number of urea groups is 1. The van der Waals surface area contributed by atoms with E-state index in [9.17, 15) is 31.1 Å². The lowest BCUT2D eigenvalue weighted by Crippen LogP contribution is -2.19. The van der Waals surface area contributed by atoms with Crippen molar-refractivity contribution in [2.24, 2.45) is 5.73 Å². The molecule has 5 nitrogen and oxygen atoms in total. The summed E-state index contributed by atoms with van der Waals surface area (Å²) in [4.78, 5) is 11.0. The van der Waals surface area contributed by atoms with Crippen molar-refractivity contribution in [2.45, 2.75) is 12.4 Å². The van der Waals surface area contributed by atoms with Crippen molar-refractivity contribution in [3.05, 3.63) is 78.0 Å². The second-order valence-corrected chi connectivity index (χ2v) is 7.10. The topological polar surface area (TPSA) is 72.9 Å². The number of aromatic nitrogens is 2. The molecule has 0 saturated heterocycles. The van der Waals surface area contributed by atoms with Crippen molar-refractivity contribution >= 4 is 22.5 Å². The molecular weight excluding hydrogens is 450 g/mol. The molecule has 0 aliphatic carbocycles. The van der Waals surface area contributed by atoms with Crippen molar-refractivity contribution in [3.63, 3.8) is 0 Å². The summed E-state index contributed by atoms with van der Waals surface area (Å²) in [5.74, 6) is 0. The van der Waals surface area contributed by atoms with Crippen LogP contribution in [0.3, 0.4) is 0 Å². The molecule has 0 aliphatic heterocycles. The predicted octanol–water partition coefficient (Wildman–Crippen LogP) is 6.22. The average Bonchev–Trinajstić information content (AvgIpc) is 3.18. The molecule has 11 heteroatoms. The van der Waals surface area contributed by atoms with Gasteiger partial charge in [0.05, 0.1) is 16.9 Å². The van der Waals surface area contributed by atoms with Gasteiger partial charge in [-0.2, -0.15) is 31.4 Å². The van der Waals surface area contributed by atoms with Crippen molar-refractivity contribution in [1.29, 1.82) is 0 Å². The number of rotatable bonds is 3. The highest BCUT2D eigenvalue weighted by Crippen LogP contribution is 2.38. The Bertz CT molecular complexity index is 1340. The molecular formula is C22H14F6N4O. The molecule has 0 spiro atoms. The van der Waals surface area contributed by atoms with Gasteiger partial charge in [0, 0.05) is 11.3 Å². The number of benzene rings is 3. The summed E-state index contributed by atoms with van der Waals surface area (Å²) in [6.45, 7) is 0. The smallest absolute Gasteiger partial charge is 0.351 e. The molecule has 0 radical (unpaired) electrons. The number of carbonyl (C=O) groups is 1. The molecule has 3 aromatic carbocycles. The maximum Gasteiger partial charge on any atom is 0.435 e. The second-order valence-electron chi connectivity index (χ2n) is 7.10. The lowest BCUT2D eigenvalue weighted by Gasteiger charge is -2.12. The number of carbonyl (C=O) groups excluding carboxylic acids is 1. The minimum absolute atomic E-state index is 0.0252. The molecule has 2 amide bonds. The van der Waals surface area contributed by atoms with E-state index >= 15 is 0 Å². The van der Waals surface area contributed by atoms with Gasteiger partial charge in [0.2, 0.25) is 0 Å². The molecule has 0 unspecified atom stereocenters. The molecule has 0 fully saturated rings. The number of hydrogen-bond donors (Lipinski definition) is 2. The number of hydrogen-bond acceptors (Lipinski definition) is 2. The van der Waals surface area contributed by atoms with E-state index in [4.69, 9.17) is 5.73 Å². The van der Waals surface area contributed by atoms with Gasteiger partial charge in [-0.15, -0.1) is 0 Å². The molecule has 3 N–H and O–H groups in total. The van der Waals surface area contributed by atoms with Crippen LogP contribution in [0, 0.1) is 0 Å². The Hall–Kier alpha value is -4.02. The first kappa shape index (κ1) is 22.2. The van der Waals surface area contributed by atoms with Gasteiger partial charge in [0.1, 0.15) is 0 Å². The summed E-state index contributed by atoms with van der Waals surface area (Å²) in [7, 11) is 0. The Morgan fingerprint density at radius 1 is 0.879 bits per heavy atom. The second kappa shape index (κ2) is 7.84. The fraction of sp³-hybridized carbons (Fsp3) is 0.0909. The third kappa shape index (κ3) is 4.47. The summed E-state index contributed by atoms with van der Waals surface area (Å²) in [5, 5.41) is 6.13. The van der Waals surface area contributed by atoms with Crippen LogP contribution in [0.5, 0.6) is 0 Å². The summed E-state index contributed by atoms with van der Waals surface area (Å²) < 4.78 is 81.1. The first-order valence-electron chi connectivity index (χ1n) is 9.38. The zero-order chi connectivity index (χ0) is 24.0. The van der Waals surface area contributed by atoms with Crippen LogP contribution in [0.1, 0.15) is 11.3 Å². The van der Waals surface area contributed by atoms with E-state index in [0.717, 1.165) is 16.8 Å². The average molecular weight is 464 g/mol. The maximum atomic E-state index is 13.4. The molecule has 0 aliphatic rings. The Labute approximate surface area is 182 Å². The van der Waals surface area contributed by atoms with Crippen LogP contribution in [0.15, 0.2) is 66.7 Å². The zero-order valence-electron chi connectivity index (χ0n) is 16.5. The SMILES string of the molecule is NC(=O)Nc1ccc(-n2nc(C(F)(F)F)cc2-c2ccc3c(C(F)(F)F)cccc3c2)cc1. The lowest BCUT2D eigenvalue weighted by molar-refractivity contribution is -0.141. The lowest BCUT2D eigenvalue weighted by atomic mass is 10.0. The van der Waals surface area contributed by atoms with E-state index in [2.05, 4.69) is 10.4 Å². The Morgan fingerprint density at radius 3 is 2.18 bits per heavy atom. The Kier molecular flexibility index (Phi) is 5.27. The number of nitrogens with two attached hydrogens (primary N) is 1. The number of primary amides is 1. The highest BCUT2D eigenvalue weighted by molar-refractivity contribution is 5.90. The predicted molar refractivity (Wildman–Crippen MR) is 110 cm³/mol. The van der Waals surface area contributed by atoms with Crippen molar-refractivity contribution < 1.29 is 31.1 Å². The number of fused-ring (bicyclic) bond motifs is 1. The number of amides is 2. The first-order valence-corrected chi connectivity index (χ1v) is 9.38. The van der Waals surface area contributed by atoms with E-state index in [-0.39, 0.29) is 27.7 Å². The quantitative estimate of drug-likeness (QED) is 0.353. The Balaban J connectivity index is 1.86. The van der Waals surface area contributed by atoms with Crippen LogP contribution >= 0.6 is 0 Å². The maximum absolute atomic E-state index is 13.4. The molecule has 4 aromatic rings. The van der Waals surface area contributed by atoms with Gasteiger partial charge < -0.3 is 11.1 Å². The normalized spacial score (nSPS) is 12.2. The summed E-state index contributed by atoms with van der Waals surface area (Å²) in [5.41, 5.74) is 3.86. The van der Waals surface area contributed by atoms with Crippen LogP contribution in [-0.4, -0.2) is 15.8 Å².